The number of nitrogens with zero attached hydrogens (tertiary/aromatic N) is 3. The summed E-state index contributed by atoms with van der Waals surface area (Å²) in [6.07, 6.45) is 2.64. The summed E-state index contributed by atoms with van der Waals surface area (Å²) in [4.78, 5) is 4.36. The van der Waals surface area contributed by atoms with Crippen molar-refractivity contribution < 1.29 is 4.74 Å². The standard InChI is InChI=1S/C13H26N4O/c1-6-14-12(11(5)18-7-2)8-13-15-9-16-17(13)10(3)4/h9-12,14H,6-8H2,1-5H3. The minimum Gasteiger partial charge on any atom is -0.377 e. The van der Waals surface area contributed by atoms with Crippen molar-refractivity contribution in [3.63, 3.8) is 0 Å². The first-order valence-electron chi connectivity index (χ1n) is 6.83. The summed E-state index contributed by atoms with van der Waals surface area (Å²) in [6, 6.07) is 0.615. The number of aromatic nitrogens is 3. The Hall–Kier alpha value is -0.940. The molecule has 2 atom stereocenters. The van der Waals surface area contributed by atoms with E-state index in [0.29, 0.717) is 6.04 Å². The highest BCUT2D eigenvalue weighted by atomic mass is 16.5. The van der Waals surface area contributed by atoms with Gasteiger partial charge in [0.25, 0.3) is 0 Å². The van der Waals surface area contributed by atoms with Crippen molar-refractivity contribution in [3.8, 4) is 0 Å². The molecule has 0 aromatic carbocycles. The molecular formula is C13H26N4O. The molecule has 0 aliphatic rings. The number of rotatable bonds is 8. The van der Waals surface area contributed by atoms with E-state index in [9.17, 15) is 0 Å². The molecule has 1 N–H and O–H groups in total. The first-order chi connectivity index (χ1) is 8.60. The highest BCUT2D eigenvalue weighted by Crippen LogP contribution is 2.10. The molecule has 0 radical (unpaired) electrons. The van der Waals surface area contributed by atoms with Crippen molar-refractivity contribution in [1.29, 1.82) is 0 Å². The molecule has 0 saturated carbocycles. The second-order valence-corrected chi connectivity index (χ2v) is 4.74. The molecule has 18 heavy (non-hydrogen) atoms. The van der Waals surface area contributed by atoms with Crippen LogP contribution in [0.1, 0.15) is 46.5 Å². The van der Waals surface area contributed by atoms with Gasteiger partial charge >= 0.3 is 0 Å². The fraction of sp³-hybridized carbons (Fsp3) is 0.846. The van der Waals surface area contributed by atoms with Gasteiger partial charge in [0.15, 0.2) is 0 Å². The van der Waals surface area contributed by atoms with E-state index in [1.807, 2.05) is 11.6 Å². The van der Waals surface area contributed by atoms with Crippen LogP contribution < -0.4 is 5.32 Å². The maximum absolute atomic E-state index is 5.69. The van der Waals surface area contributed by atoms with Crippen LogP contribution in [0, 0.1) is 0 Å². The Labute approximate surface area is 110 Å². The van der Waals surface area contributed by atoms with Gasteiger partial charge in [-0.3, -0.25) is 0 Å². The third-order valence-electron chi connectivity index (χ3n) is 3.00. The first-order valence-corrected chi connectivity index (χ1v) is 6.83. The summed E-state index contributed by atoms with van der Waals surface area (Å²) in [7, 11) is 0. The van der Waals surface area contributed by atoms with E-state index in [4.69, 9.17) is 4.74 Å². The van der Waals surface area contributed by atoms with Crippen LogP contribution in [0.5, 0.6) is 0 Å². The van der Waals surface area contributed by atoms with Crippen molar-refractivity contribution in [2.75, 3.05) is 13.2 Å². The van der Waals surface area contributed by atoms with Crippen LogP contribution >= 0.6 is 0 Å². The maximum atomic E-state index is 5.69. The lowest BCUT2D eigenvalue weighted by molar-refractivity contribution is 0.0472. The second kappa shape index (κ2) is 7.48. The average Bonchev–Trinajstić information content (AvgIpc) is 2.77. The number of nitrogens with one attached hydrogen (secondary N) is 1. The summed E-state index contributed by atoms with van der Waals surface area (Å²) in [5.74, 6) is 1.02. The lowest BCUT2D eigenvalue weighted by atomic mass is 10.1. The summed E-state index contributed by atoms with van der Waals surface area (Å²) in [5, 5.41) is 7.74. The molecule has 0 bridgehead atoms. The van der Waals surface area contributed by atoms with E-state index in [2.05, 4.69) is 43.1 Å². The van der Waals surface area contributed by atoms with Crippen LogP contribution in [0.25, 0.3) is 0 Å². The maximum Gasteiger partial charge on any atom is 0.138 e. The van der Waals surface area contributed by atoms with Crippen molar-refractivity contribution in [2.45, 2.75) is 59.2 Å². The van der Waals surface area contributed by atoms with Gasteiger partial charge in [0.05, 0.1) is 6.10 Å². The molecule has 5 heteroatoms. The Morgan fingerprint density at radius 3 is 2.61 bits per heavy atom. The van der Waals surface area contributed by atoms with Gasteiger partial charge < -0.3 is 10.1 Å². The minimum atomic E-state index is 0.173. The largest absolute Gasteiger partial charge is 0.377 e. The summed E-state index contributed by atoms with van der Waals surface area (Å²) >= 11 is 0. The molecule has 0 aliphatic carbocycles. The number of ether oxygens (including phenoxy) is 1. The van der Waals surface area contributed by atoms with Crippen LogP contribution in [-0.2, 0) is 11.2 Å². The zero-order chi connectivity index (χ0) is 13.5. The van der Waals surface area contributed by atoms with Crippen LogP contribution in [0.4, 0.5) is 0 Å². The molecule has 0 amide bonds. The normalized spacial score (nSPS) is 15.0. The van der Waals surface area contributed by atoms with Crippen molar-refractivity contribution in [3.05, 3.63) is 12.2 Å². The molecule has 104 valence electrons. The van der Waals surface area contributed by atoms with E-state index in [0.717, 1.165) is 25.4 Å². The molecule has 1 heterocycles. The average molecular weight is 254 g/mol. The fourth-order valence-electron chi connectivity index (χ4n) is 2.09. The van der Waals surface area contributed by atoms with Crippen LogP contribution in [0.15, 0.2) is 6.33 Å². The predicted octanol–water partition coefficient (Wildman–Crippen LogP) is 1.80. The SMILES string of the molecule is CCNC(Cc1ncnn1C(C)C)C(C)OCC. The summed E-state index contributed by atoms with van der Waals surface area (Å²) < 4.78 is 7.66. The molecular weight excluding hydrogens is 228 g/mol. The quantitative estimate of drug-likeness (QED) is 0.768. The predicted molar refractivity (Wildman–Crippen MR) is 72.7 cm³/mol. The Balaban J connectivity index is 2.73. The highest BCUT2D eigenvalue weighted by molar-refractivity contribution is 4.93. The minimum absolute atomic E-state index is 0.173. The molecule has 0 spiro atoms. The number of hydrogen-bond acceptors (Lipinski definition) is 4. The lowest BCUT2D eigenvalue weighted by Gasteiger charge is -2.24. The number of hydrogen-bond donors (Lipinski definition) is 1. The van der Waals surface area contributed by atoms with Gasteiger partial charge in [-0.05, 0) is 34.2 Å². The smallest absolute Gasteiger partial charge is 0.138 e. The van der Waals surface area contributed by atoms with E-state index in [1.54, 1.807) is 6.33 Å². The molecule has 1 aromatic rings. The van der Waals surface area contributed by atoms with Crippen LogP contribution in [0.3, 0.4) is 0 Å². The molecule has 0 aliphatic heterocycles. The van der Waals surface area contributed by atoms with Crippen molar-refractivity contribution >= 4 is 0 Å². The van der Waals surface area contributed by atoms with Crippen LogP contribution in [-0.4, -0.2) is 40.1 Å². The van der Waals surface area contributed by atoms with E-state index in [1.165, 1.54) is 0 Å². The van der Waals surface area contributed by atoms with E-state index in [-0.39, 0.29) is 12.1 Å². The Bertz CT molecular complexity index is 337. The van der Waals surface area contributed by atoms with Gasteiger partial charge in [-0.1, -0.05) is 6.92 Å². The third kappa shape index (κ3) is 4.07. The first kappa shape index (κ1) is 15.1. The molecule has 1 aromatic heterocycles. The van der Waals surface area contributed by atoms with Gasteiger partial charge in [0, 0.05) is 25.1 Å². The van der Waals surface area contributed by atoms with E-state index >= 15 is 0 Å². The third-order valence-corrected chi connectivity index (χ3v) is 3.00. The molecule has 0 fully saturated rings. The molecule has 0 saturated heterocycles. The topological polar surface area (TPSA) is 52.0 Å². The van der Waals surface area contributed by atoms with Gasteiger partial charge in [0.1, 0.15) is 12.2 Å². The zero-order valence-electron chi connectivity index (χ0n) is 12.2. The highest BCUT2D eigenvalue weighted by Gasteiger charge is 2.20. The Kier molecular flexibility index (Phi) is 6.29. The molecule has 2 unspecified atom stereocenters. The Morgan fingerprint density at radius 2 is 2.06 bits per heavy atom. The zero-order valence-corrected chi connectivity index (χ0v) is 12.2. The summed E-state index contributed by atoms with van der Waals surface area (Å²) in [5.41, 5.74) is 0. The molecule has 1 rings (SSSR count). The monoisotopic (exact) mass is 254 g/mol. The van der Waals surface area contributed by atoms with E-state index < -0.39 is 0 Å². The van der Waals surface area contributed by atoms with Gasteiger partial charge in [-0.2, -0.15) is 5.10 Å². The Morgan fingerprint density at radius 1 is 1.33 bits per heavy atom. The molecule has 5 nitrogen and oxygen atoms in total. The van der Waals surface area contributed by atoms with Gasteiger partial charge in [-0.15, -0.1) is 0 Å². The number of likely N-dealkylation sites (N-methyl/N-ethyl adjacent to an activating group) is 1. The van der Waals surface area contributed by atoms with Crippen molar-refractivity contribution in [1.82, 2.24) is 20.1 Å². The second-order valence-electron chi connectivity index (χ2n) is 4.74. The van der Waals surface area contributed by atoms with Crippen molar-refractivity contribution in [2.24, 2.45) is 0 Å². The van der Waals surface area contributed by atoms with Gasteiger partial charge in [0.2, 0.25) is 0 Å². The fourth-order valence-corrected chi connectivity index (χ4v) is 2.09. The summed E-state index contributed by atoms with van der Waals surface area (Å²) in [6.45, 7) is 12.1. The lowest BCUT2D eigenvalue weighted by Crippen LogP contribution is -2.42. The van der Waals surface area contributed by atoms with Crippen LogP contribution in [0.2, 0.25) is 0 Å². The van der Waals surface area contributed by atoms with Gasteiger partial charge in [-0.25, -0.2) is 9.67 Å².